The average Bonchev–Trinajstić information content (AvgIpc) is 2.57. The zero-order valence-electron chi connectivity index (χ0n) is 9.95. The van der Waals surface area contributed by atoms with Crippen LogP contribution < -0.4 is 0 Å². The summed E-state index contributed by atoms with van der Waals surface area (Å²) >= 11 is 2.83. The van der Waals surface area contributed by atoms with Gasteiger partial charge < -0.3 is 24.0 Å². The summed E-state index contributed by atoms with van der Waals surface area (Å²) in [5.74, 6) is 0. The van der Waals surface area contributed by atoms with Gasteiger partial charge in [-0.15, -0.1) is 0 Å². The maximum atomic E-state index is 8.00. The molecule has 0 aliphatic heterocycles. The molecule has 0 bridgehead atoms. The molecule has 0 saturated heterocycles. The second-order valence-electron chi connectivity index (χ2n) is 1.53. The van der Waals surface area contributed by atoms with E-state index in [0.29, 0.717) is 0 Å². The molecule has 0 aliphatic rings. The molecule has 5 nitrogen and oxygen atoms in total. The zero-order valence-corrected chi connectivity index (χ0v) is 11.2. The van der Waals surface area contributed by atoms with Gasteiger partial charge in [0.2, 0.25) is 0 Å². The predicted octanol–water partition coefficient (Wildman–Crippen LogP) is 0.459. The van der Waals surface area contributed by atoms with Crippen molar-refractivity contribution in [3.8, 4) is 0 Å². The van der Waals surface area contributed by atoms with E-state index in [1.807, 2.05) is 57.0 Å². The molecular formula is C12H16CrO5. The van der Waals surface area contributed by atoms with Gasteiger partial charge in [-0.2, -0.15) is 0 Å². The third-order valence-corrected chi connectivity index (χ3v) is 1.36. The third kappa shape index (κ3) is 37.0. The molecule has 100 valence electrons. The maximum absolute atomic E-state index is 8.00. The van der Waals surface area contributed by atoms with E-state index in [-0.39, 0.29) is 0 Å². The van der Waals surface area contributed by atoms with Crippen molar-refractivity contribution < 1.29 is 39.8 Å². The molecule has 18 heavy (non-hydrogen) atoms. The monoisotopic (exact) mass is 292 g/mol. The molecule has 1 rings (SSSR count). The van der Waals surface area contributed by atoms with Crippen molar-refractivity contribution in [2.24, 2.45) is 0 Å². The van der Waals surface area contributed by atoms with Gasteiger partial charge in [-0.3, -0.25) is 0 Å². The first kappa shape index (κ1) is 29.7. The predicted molar refractivity (Wildman–Crippen MR) is 67.2 cm³/mol. The van der Waals surface area contributed by atoms with Gasteiger partial charge in [0.25, 0.3) is 0 Å². The molecule has 0 heterocycles. The van der Waals surface area contributed by atoms with Gasteiger partial charge in [0.05, 0.1) is 0 Å². The van der Waals surface area contributed by atoms with Gasteiger partial charge in [0.1, 0.15) is 33.9 Å². The fraction of sp³-hybridized carbons (Fsp3) is 0. The average molecular weight is 292 g/mol. The fourth-order valence-corrected chi connectivity index (χ4v) is 0.777. The van der Waals surface area contributed by atoms with Gasteiger partial charge in [0, 0.05) is 0 Å². The topological polar surface area (TPSA) is 85.3 Å². The summed E-state index contributed by atoms with van der Waals surface area (Å²) in [6.45, 7) is 10.0. The van der Waals surface area contributed by atoms with E-state index >= 15 is 0 Å². The molecular weight excluding hydrogens is 276 g/mol. The summed E-state index contributed by atoms with van der Waals surface area (Å²) in [4.78, 5) is 42.0. The molecule has 6 heteroatoms. The quantitative estimate of drug-likeness (QED) is 0.750. The van der Waals surface area contributed by atoms with Gasteiger partial charge in [-0.25, -0.2) is 0 Å². The Morgan fingerprint density at radius 1 is 0.667 bits per heavy atom. The first-order valence-electron chi connectivity index (χ1n) is 3.88. The third-order valence-electron chi connectivity index (χ3n) is 0.936. The van der Waals surface area contributed by atoms with Crippen LogP contribution in [0.4, 0.5) is 0 Å². The molecule has 0 spiro atoms. The number of carbonyl (C=O) groups is 5. The van der Waals surface area contributed by atoms with Gasteiger partial charge >= 0.3 is 56.6 Å². The van der Waals surface area contributed by atoms with E-state index in [2.05, 4.69) is 28.0 Å². The van der Waals surface area contributed by atoms with E-state index in [4.69, 9.17) is 24.0 Å². The van der Waals surface area contributed by atoms with Crippen LogP contribution in [-0.2, 0) is 39.8 Å². The standard InChI is InChI=1S/C7H6.5CH2O.Cr/c1-7-5-3-2-4-6-7;5*1-2;/h1-6H;5*1H2;. The summed E-state index contributed by atoms with van der Waals surface area (Å²) in [6, 6.07) is 10.1. The van der Waals surface area contributed by atoms with Crippen molar-refractivity contribution in [2.45, 2.75) is 0 Å². The number of carbonyl (C=O) groups excluding carboxylic acids is 5. The van der Waals surface area contributed by atoms with E-state index in [1.165, 1.54) is 5.56 Å². The summed E-state index contributed by atoms with van der Waals surface area (Å²) in [5, 5.41) is 0. The Morgan fingerprint density at radius 3 is 1.11 bits per heavy atom. The molecule has 1 aromatic rings. The van der Waals surface area contributed by atoms with Gasteiger partial charge in [-0.1, -0.05) is 0 Å². The summed E-state index contributed by atoms with van der Waals surface area (Å²) in [7, 11) is 0. The van der Waals surface area contributed by atoms with Crippen LogP contribution in [-0.4, -0.2) is 38.8 Å². The molecule has 0 saturated carbocycles. The minimum atomic E-state index is 1.23. The van der Waals surface area contributed by atoms with Crippen molar-refractivity contribution in [1.29, 1.82) is 0 Å². The second kappa shape index (κ2) is 60.1. The summed E-state index contributed by atoms with van der Waals surface area (Å²) in [6.07, 6.45) is 0. The van der Waals surface area contributed by atoms with Crippen LogP contribution in [0.1, 0.15) is 5.56 Å². The van der Waals surface area contributed by atoms with E-state index in [1.54, 1.807) is 0 Å². The Hall–Kier alpha value is -2.03. The Morgan fingerprint density at radius 2 is 0.944 bits per heavy atom. The molecule has 0 radical (unpaired) electrons. The van der Waals surface area contributed by atoms with Crippen LogP contribution in [0, 0.1) is 0 Å². The number of hydrogen-bond donors (Lipinski definition) is 0. The molecule has 0 amide bonds. The van der Waals surface area contributed by atoms with Crippen LogP contribution in [0.25, 0.3) is 0 Å². The number of rotatable bonds is 1. The first-order chi connectivity index (χ1) is 8.93. The Kier molecular flexibility index (Phi) is 99.3. The van der Waals surface area contributed by atoms with E-state index < -0.39 is 0 Å². The van der Waals surface area contributed by atoms with Crippen LogP contribution in [0.3, 0.4) is 0 Å². The number of hydrogen-bond acceptors (Lipinski definition) is 5. The van der Waals surface area contributed by atoms with Crippen molar-refractivity contribution in [3.63, 3.8) is 0 Å². The normalized spacial score (nSPS) is 4.89. The fourth-order valence-electron chi connectivity index (χ4n) is 0.532. The Balaban J connectivity index is -0.0000000482. The van der Waals surface area contributed by atoms with E-state index in [9.17, 15) is 0 Å². The molecule has 0 N–H and O–H groups in total. The molecule has 0 aliphatic carbocycles. The molecule has 0 fully saturated rings. The van der Waals surface area contributed by atoms with Crippen LogP contribution in [0.15, 0.2) is 30.3 Å². The Bertz CT molecular complexity index is 232. The Labute approximate surface area is 115 Å². The van der Waals surface area contributed by atoms with Gasteiger partial charge in [0.15, 0.2) is 0 Å². The SMILES string of the molecule is C=O.C=O.C=O.C=O.C=O.[Cr]=[CH]c1ccccc1. The zero-order chi connectivity index (χ0) is 15.8. The van der Waals surface area contributed by atoms with Crippen LogP contribution in [0.5, 0.6) is 0 Å². The van der Waals surface area contributed by atoms with Crippen molar-refractivity contribution in [2.75, 3.05) is 0 Å². The second-order valence-corrected chi connectivity index (χ2v) is 1.90. The number of benzene rings is 1. The minimum absolute atomic E-state index is 1.23. The van der Waals surface area contributed by atoms with E-state index in [0.717, 1.165) is 0 Å². The van der Waals surface area contributed by atoms with Crippen LogP contribution >= 0.6 is 0 Å². The molecule has 0 unspecified atom stereocenters. The van der Waals surface area contributed by atoms with Crippen molar-refractivity contribution in [1.82, 2.24) is 0 Å². The first-order valence-corrected chi connectivity index (χ1v) is 4.61. The molecule has 1 aromatic carbocycles. The van der Waals surface area contributed by atoms with Crippen molar-refractivity contribution in [3.05, 3.63) is 35.9 Å². The molecule has 0 atom stereocenters. The summed E-state index contributed by atoms with van der Waals surface area (Å²) < 4.78 is 0. The van der Waals surface area contributed by atoms with Crippen LogP contribution in [0.2, 0.25) is 0 Å². The summed E-state index contributed by atoms with van der Waals surface area (Å²) in [5.41, 5.74) is 1.23. The van der Waals surface area contributed by atoms with Crippen molar-refractivity contribution >= 4 is 38.8 Å². The van der Waals surface area contributed by atoms with Gasteiger partial charge in [-0.05, 0) is 0 Å². The molecule has 0 aromatic heterocycles.